The summed E-state index contributed by atoms with van der Waals surface area (Å²) in [7, 11) is -3.59. The molecule has 0 unspecified atom stereocenters. The molecule has 0 spiro atoms. The zero-order chi connectivity index (χ0) is 22.9. The number of hydrogen-bond donors (Lipinski definition) is 1. The minimum absolute atomic E-state index is 0.0204. The van der Waals surface area contributed by atoms with Crippen LogP contribution in [0.2, 0.25) is 0 Å². The second kappa shape index (κ2) is 9.03. The molecule has 2 heterocycles. The number of piperidine rings is 1. The van der Waals surface area contributed by atoms with E-state index in [0.29, 0.717) is 24.3 Å². The third-order valence-corrected chi connectivity index (χ3v) is 8.33. The van der Waals surface area contributed by atoms with Crippen LogP contribution in [0.5, 0.6) is 0 Å². The summed E-state index contributed by atoms with van der Waals surface area (Å²) >= 11 is 0. The van der Waals surface area contributed by atoms with Gasteiger partial charge in [0, 0.05) is 30.4 Å². The van der Waals surface area contributed by atoms with Gasteiger partial charge in [0.05, 0.1) is 4.90 Å². The van der Waals surface area contributed by atoms with E-state index in [1.807, 2.05) is 38.1 Å². The van der Waals surface area contributed by atoms with Crippen LogP contribution in [0, 0.1) is 6.92 Å². The molecular formula is C24H29N3O4S. The van der Waals surface area contributed by atoms with Crippen molar-refractivity contribution in [2.75, 3.05) is 23.3 Å². The molecule has 2 aliphatic rings. The Balaban J connectivity index is 1.56. The van der Waals surface area contributed by atoms with Crippen molar-refractivity contribution >= 4 is 33.2 Å². The molecule has 0 saturated carbocycles. The summed E-state index contributed by atoms with van der Waals surface area (Å²) in [6.45, 7) is 4.27. The molecule has 170 valence electrons. The average molecular weight is 456 g/mol. The number of nitrogens with one attached hydrogen (secondary N) is 1. The minimum atomic E-state index is -3.59. The van der Waals surface area contributed by atoms with Crippen molar-refractivity contribution in [1.82, 2.24) is 4.31 Å². The van der Waals surface area contributed by atoms with Crippen molar-refractivity contribution in [3.63, 3.8) is 0 Å². The first-order chi connectivity index (χ1) is 15.3. The second-order valence-electron chi connectivity index (χ2n) is 8.59. The van der Waals surface area contributed by atoms with E-state index in [-0.39, 0.29) is 35.7 Å². The van der Waals surface area contributed by atoms with Crippen LogP contribution >= 0.6 is 0 Å². The van der Waals surface area contributed by atoms with Gasteiger partial charge in [0.25, 0.3) is 0 Å². The Morgan fingerprint density at radius 2 is 1.91 bits per heavy atom. The van der Waals surface area contributed by atoms with Crippen molar-refractivity contribution in [2.45, 2.75) is 56.9 Å². The lowest BCUT2D eigenvalue weighted by atomic mass is 10.0. The van der Waals surface area contributed by atoms with E-state index in [1.54, 1.807) is 22.5 Å². The molecule has 2 aromatic rings. The highest BCUT2D eigenvalue weighted by atomic mass is 32.2. The molecule has 0 bridgehead atoms. The van der Waals surface area contributed by atoms with Crippen LogP contribution in [-0.4, -0.2) is 43.7 Å². The van der Waals surface area contributed by atoms with Crippen molar-refractivity contribution in [3.05, 3.63) is 53.6 Å². The number of benzene rings is 2. The summed E-state index contributed by atoms with van der Waals surface area (Å²) in [5, 5.41) is 2.86. The number of sulfonamides is 1. The van der Waals surface area contributed by atoms with E-state index in [4.69, 9.17) is 0 Å². The lowest BCUT2D eigenvalue weighted by Crippen LogP contribution is -2.42. The largest absolute Gasteiger partial charge is 0.324 e. The van der Waals surface area contributed by atoms with Crippen LogP contribution in [0.3, 0.4) is 0 Å². The summed E-state index contributed by atoms with van der Waals surface area (Å²) < 4.78 is 28.0. The van der Waals surface area contributed by atoms with Crippen LogP contribution in [0.1, 0.15) is 43.7 Å². The number of amides is 2. The highest BCUT2D eigenvalue weighted by Gasteiger charge is 2.33. The molecule has 0 aromatic heterocycles. The lowest BCUT2D eigenvalue weighted by Gasteiger charge is -2.33. The van der Waals surface area contributed by atoms with Gasteiger partial charge in [-0.25, -0.2) is 8.42 Å². The number of carbonyl (C=O) groups excluding carboxylic acids is 2. The number of carbonyl (C=O) groups is 2. The quantitative estimate of drug-likeness (QED) is 0.748. The van der Waals surface area contributed by atoms with Gasteiger partial charge in [-0.05, 0) is 68.5 Å². The summed E-state index contributed by atoms with van der Waals surface area (Å²) in [5.74, 6) is -0.433. The summed E-state index contributed by atoms with van der Waals surface area (Å²) in [5.41, 5.74) is 3.03. The van der Waals surface area contributed by atoms with Gasteiger partial charge in [0.15, 0.2) is 0 Å². The minimum Gasteiger partial charge on any atom is -0.324 e. The van der Waals surface area contributed by atoms with E-state index >= 15 is 0 Å². The number of aryl methyl sites for hydroxylation is 2. The first kappa shape index (κ1) is 22.5. The predicted molar refractivity (Wildman–Crippen MR) is 124 cm³/mol. The third-order valence-electron chi connectivity index (χ3n) is 6.32. The first-order valence-corrected chi connectivity index (χ1v) is 12.5. The van der Waals surface area contributed by atoms with Crippen LogP contribution in [0.25, 0.3) is 0 Å². The van der Waals surface area contributed by atoms with Crippen molar-refractivity contribution in [1.29, 1.82) is 0 Å². The van der Waals surface area contributed by atoms with Gasteiger partial charge in [0.2, 0.25) is 21.8 Å². The Morgan fingerprint density at radius 1 is 1.12 bits per heavy atom. The van der Waals surface area contributed by atoms with E-state index in [2.05, 4.69) is 5.32 Å². The van der Waals surface area contributed by atoms with Crippen LogP contribution < -0.4 is 10.2 Å². The number of anilines is 2. The predicted octanol–water partition coefficient (Wildman–Crippen LogP) is 3.48. The van der Waals surface area contributed by atoms with Gasteiger partial charge in [-0.1, -0.05) is 24.6 Å². The normalized spacial score (nSPS) is 19.5. The van der Waals surface area contributed by atoms with Gasteiger partial charge < -0.3 is 10.2 Å². The van der Waals surface area contributed by atoms with E-state index in [0.717, 1.165) is 30.4 Å². The fraction of sp³-hybridized carbons (Fsp3) is 0.417. The van der Waals surface area contributed by atoms with Crippen LogP contribution in [-0.2, 0) is 26.0 Å². The second-order valence-corrected chi connectivity index (χ2v) is 10.5. The zero-order valence-corrected chi connectivity index (χ0v) is 19.3. The van der Waals surface area contributed by atoms with Gasteiger partial charge in [-0.15, -0.1) is 0 Å². The van der Waals surface area contributed by atoms with Crippen molar-refractivity contribution in [3.8, 4) is 0 Å². The molecule has 2 amide bonds. The molecule has 1 atom stereocenters. The summed E-state index contributed by atoms with van der Waals surface area (Å²) in [6, 6.07) is 12.3. The summed E-state index contributed by atoms with van der Waals surface area (Å²) in [4.78, 5) is 27.0. The number of rotatable bonds is 5. The molecule has 0 radical (unpaired) electrons. The maximum absolute atomic E-state index is 13.2. The molecule has 4 rings (SSSR count). The Labute approximate surface area is 189 Å². The van der Waals surface area contributed by atoms with E-state index < -0.39 is 10.0 Å². The van der Waals surface area contributed by atoms with E-state index in [1.165, 1.54) is 4.90 Å². The first-order valence-electron chi connectivity index (χ1n) is 11.1. The maximum Gasteiger partial charge on any atom is 0.244 e. The van der Waals surface area contributed by atoms with Crippen molar-refractivity contribution < 1.29 is 18.0 Å². The van der Waals surface area contributed by atoms with Crippen LogP contribution in [0.15, 0.2) is 47.4 Å². The van der Waals surface area contributed by atoms with Crippen LogP contribution in [0.4, 0.5) is 11.4 Å². The molecule has 1 fully saturated rings. The molecule has 2 aromatic carbocycles. The summed E-state index contributed by atoms with van der Waals surface area (Å²) in [6.07, 6.45) is 3.48. The standard InChI is InChI=1S/C24H29N3O4S/c1-17-7-3-4-9-21(17)25-23(28)16-26-22-12-11-20(15-19(22)10-13-24(26)29)32(30,31)27-14-6-5-8-18(27)2/h3-4,7,9,11-12,15,18H,5-6,8,10,13-14,16H2,1-2H3,(H,25,28)/t18-/m0/s1. The SMILES string of the molecule is Cc1ccccc1NC(=O)CN1C(=O)CCc2cc(S(=O)(=O)N3CCCC[C@@H]3C)ccc21. The molecule has 0 aliphatic carbocycles. The van der Waals surface area contributed by atoms with Gasteiger partial charge in [-0.3, -0.25) is 9.59 Å². The van der Waals surface area contributed by atoms with Crippen molar-refractivity contribution in [2.24, 2.45) is 0 Å². The topological polar surface area (TPSA) is 86.8 Å². The van der Waals surface area contributed by atoms with E-state index in [9.17, 15) is 18.0 Å². The Bertz CT molecular complexity index is 1150. The number of nitrogens with zero attached hydrogens (tertiary/aromatic N) is 2. The number of para-hydroxylation sites is 1. The highest BCUT2D eigenvalue weighted by Crippen LogP contribution is 2.32. The van der Waals surface area contributed by atoms with Gasteiger partial charge in [-0.2, -0.15) is 4.31 Å². The molecule has 7 nitrogen and oxygen atoms in total. The lowest BCUT2D eigenvalue weighted by molar-refractivity contribution is -0.121. The Hall–Kier alpha value is -2.71. The molecule has 1 N–H and O–H groups in total. The number of hydrogen-bond acceptors (Lipinski definition) is 4. The van der Waals surface area contributed by atoms with Gasteiger partial charge in [0.1, 0.15) is 6.54 Å². The Morgan fingerprint density at radius 3 is 2.66 bits per heavy atom. The Kier molecular flexibility index (Phi) is 6.35. The molecule has 2 aliphatic heterocycles. The molecule has 8 heteroatoms. The molecule has 32 heavy (non-hydrogen) atoms. The zero-order valence-electron chi connectivity index (χ0n) is 18.5. The fourth-order valence-corrected chi connectivity index (χ4v) is 6.23. The smallest absolute Gasteiger partial charge is 0.244 e. The number of fused-ring (bicyclic) bond motifs is 1. The third kappa shape index (κ3) is 4.42. The highest BCUT2D eigenvalue weighted by molar-refractivity contribution is 7.89. The average Bonchev–Trinajstić information content (AvgIpc) is 2.77. The maximum atomic E-state index is 13.2. The monoisotopic (exact) mass is 455 g/mol. The molecule has 1 saturated heterocycles. The fourth-order valence-electron chi connectivity index (χ4n) is 4.48. The van der Waals surface area contributed by atoms with Gasteiger partial charge >= 0.3 is 0 Å². The molecular weight excluding hydrogens is 426 g/mol.